The van der Waals surface area contributed by atoms with Crippen LogP contribution in [0.4, 0.5) is 4.79 Å². The summed E-state index contributed by atoms with van der Waals surface area (Å²) in [5.74, 6) is -0.169. The highest BCUT2D eigenvalue weighted by atomic mass is 35.5. The fraction of sp³-hybridized carbons (Fsp3) is 0.440. The average Bonchev–Trinajstić information content (AvgIpc) is 3.24. The van der Waals surface area contributed by atoms with Crippen molar-refractivity contribution in [3.8, 4) is 11.3 Å². The quantitative estimate of drug-likeness (QED) is 0.583. The molecule has 3 aromatic rings. The smallest absolute Gasteiger partial charge is 0.326 e. The van der Waals surface area contributed by atoms with Crippen LogP contribution in [0.5, 0.6) is 0 Å². The molecule has 2 aliphatic heterocycles. The second-order valence-corrected chi connectivity index (χ2v) is 9.84. The second kappa shape index (κ2) is 9.56. The van der Waals surface area contributed by atoms with Crippen molar-refractivity contribution in [3.63, 3.8) is 0 Å². The molecule has 35 heavy (non-hydrogen) atoms. The Kier molecular flexibility index (Phi) is 6.48. The summed E-state index contributed by atoms with van der Waals surface area (Å²) in [5, 5.41) is 8.44. The first-order chi connectivity index (χ1) is 16.8. The average molecular weight is 497 g/mol. The molecule has 2 saturated heterocycles. The Bertz CT molecular complexity index is 1290. The molecular formula is C25H29ClN6O3. The van der Waals surface area contributed by atoms with Gasteiger partial charge < -0.3 is 15.0 Å². The summed E-state index contributed by atoms with van der Waals surface area (Å²) in [5.41, 5.74) is 5.47. The van der Waals surface area contributed by atoms with Crippen molar-refractivity contribution in [2.75, 3.05) is 26.7 Å². The Morgan fingerprint density at radius 1 is 1.23 bits per heavy atom. The van der Waals surface area contributed by atoms with E-state index in [4.69, 9.17) is 16.3 Å². The van der Waals surface area contributed by atoms with Crippen molar-refractivity contribution in [1.29, 1.82) is 0 Å². The van der Waals surface area contributed by atoms with E-state index >= 15 is 0 Å². The largest absolute Gasteiger partial charge is 0.372 e. The summed E-state index contributed by atoms with van der Waals surface area (Å²) >= 11 is 6.49. The first kappa shape index (κ1) is 23.7. The Morgan fingerprint density at radius 2 is 2.06 bits per heavy atom. The normalized spacial score (nSPS) is 21.3. The molecule has 5 rings (SSSR count). The van der Waals surface area contributed by atoms with Gasteiger partial charge in [0.1, 0.15) is 6.33 Å². The van der Waals surface area contributed by atoms with E-state index in [1.54, 1.807) is 16.5 Å². The number of carbonyl (C=O) groups is 2. The zero-order chi connectivity index (χ0) is 24.7. The number of amides is 3. The number of benzene rings is 1. The number of nitrogens with one attached hydrogen (secondary N) is 1. The SMILES string of the molecule is Cc1cc(Cl)cc(-c2ncnn3cc(CN4C(=O)CCN(C)C4=O)cc23)c1CC1CNC[C@H](C)O1. The van der Waals surface area contributed by atoms with Gasteiger partial charge in [-0.15, -0.1) is 0 Å². The summed E-state index contributed by atoms with van der Waals surface area (Å²) in [6.45, 7) is 6.38. The summed E-state index contributed by atoms with van der Waals surface area (Å²) < 4.78 is 7.90. The van der Waals surface area contributed by atoms with Crippen molar-refractivity contribution < 1.29 is 14.3 Å². The van der Waals surface area contributed by atoms with Crippen molar-refractivity contribution in [1.82, 2.24) is 29.7 Å². The second-order valence-electron chi connectivity index (χ2n) is 9.40. The number of carbonyl (C=O) groups excluding carboxylic acids is 2. The van der Waals surface area contributed by atoms with Crippen LogP contribution in [-0.4, -0.2) is 75.2 Å². The highest BCUT2D eigenvalue weighted by Crippen LogP contribution is 2.33. The molecule has 3 amide bonds. The highest BCUT2D eigenvalue weighted by Gasteiger charge is 2.30. The number of fused-ring (bicyclic) bond motifs is 1. The topological polar surface area (TPSA) is 92.1 Å². The lowest BCUT2D eigenvalue weighted by Gasteiger charge is -2.31. The Morgan fingerprint density at radius 3 is 2.86 bits per heavy atom. The number of nitrogens with zero attached hydrogens (tertiary/aromatic N) is 5. The highest BCUT2D eigenvalue weighted by molar-refractivity contribution is 6.31. The van der Waals surface area contributed by atoms with Gasteiger partial charge in [0, 0.05) is 56.3 Å². The van der Waals surface area contributed by atoms with E-state index < -0.39 is 0 Å². The third-order valence-corrected chi connectivity index (χ3v) is 6.89. The number of hydrogen-bond donors (Lipinski definition) is 1. The number of urea groups is 1. The predicted octanol–water partition coefficient (Wildman–Crippen LogP) is 3.06. The minimum absolute atomic E-state index is 0.0469. The molecule has 10 heteroatoms. The predicted molar refractivity (Wildman–Crippen MR) is 132 cm³/mol. The van der Waals surface area contributed by atoms with E-state index in [9.17, 15) is 9.59 Å². The molecule has 0 radical (unpaired) electrons. The lowest BCUT2D eigenvalue weighted by Crippen LogP contribution is -2.50. The van der Waals surface area contributed by atoms with Crippen molar-refractivity contribution in [3.05, 3.63) is 52.4 Å². The number of hydrogen-bond acceptors (Lipinski definition) is 6. The molecule has 1 unspecified atom stereocenters. The van der Waals surface area contributed by atoms with Gasteiger partial charge in [0.2, 0.25) is 5.91 Å². The van der Waals surface area contributed by atoms with Gasteiger partial charge in [0.05, 0.1) is 30.0 Å². The standard InChI is InChI=1S/C25H29ClN6O3/c1-15-6-18(26)8-21(20(15)9-19-11-27-10-16(2)35-19)24-22-7-17(13-32(22)29-14-28-24)12-31-23(33)4-5-30(3)25(31)34/h6-8,13-14,16,19,27H,4-5,9-12H2,1-3H3/t16-,19?/m0/s1. The molecule has 9 nitrogen and oxygen atoms in total. The molecule has 2 aliphatic rings. The minimum atomic E-state index is -0.286. The first-order valence-corrected chi connectivity index (χ1v) is 12.2. The van der Waals surface area contributed by atoms with Crippen LogP contribution in [0, 0.1) is 6.92 Å². The number of aryl methyl sites for hydroxylation is 1. The molecule has 2 atom stereocenters. The summed E-state index contributed by atoms with van der Waals surface area (Å²) in [6, 6.07) is 5.55. The third kappa shape index (κ3) is 4.76. The van der Waals surface area contributed by atoms with Crippen LogP contribution in [0.3, 0.4) is 0 Å². The molecule has 1 N–H and O–H groups in total. The van der Waals surface area contributed by atoms with Crippen LogP contribution in [-0.2, 0) is 22.5 Å². The number of halogens is 1. The monoisotopic (exact) mass is 496 g/mol. The van der Waals surface area contributed by atoms with E-state index in [0.717, 1.165) is 53.0 Å². The fourth-order valence-corrected chi connectivity index (χ4v) is 5.17. The van der Waals surface area contributed by atoms with E-state index in [0.29, 0.717) is 18.0 Å². The fourth-order valence-electron chi connectivity index (χ4n) is 4.90. The lowest BCUT2D eigenvalue weighted by atomic mass is 9.93. The van der Waals surface area contributed by atoms with Gasteiger partial charge in [-0.2, -0.15) is 5.10 Å². The molecule has 0 saturated carbocycles. The van der Waals surface area contributed by atoms with Crippen LogP contribution in [0.2, 0.25) is 5.02 Å². The first-order valence-electron chi connectivity index (χ1n) is 11.8. The van der Waals surface area contributed by atoms with Gasteiger partial charge in [0.25, 0.3) is 0 Å². The molecule has 1 aromatic carbocycles. The summed E-state index contributed by atoms with van der Waals surface area (Å²) in [4.78, 5) is 32.4. The van der Waals surface area contributed by atoms with Crippen molar-refractivity contribution >= 4 is 29.1 Å². The van der Waals surface area contributed by atoms with Crippen LogP contribution < -0.4 is 5.32 Å². The van der Waals surface area contributed by atoms with Crippen molar-refractivity contribution in [2.45, 2.75) is 45.4 Å². The summed E-state index contributed by atoms with van der Waals surface area (Å²) in [6.07, 6.45) is 4.60. The number of ether oxygens (including phenoxy) is 1. The zero-order valence-electron chi connectivity index (χ0n) is 20.1. The Hall–Kier alpha value is -3.01. The molecular weight excluding hydrogens is 468 g/mol. The van der Waals surface area contributed by atoms with Crippen LogP contribution in [0.1, 0.15) is 30.0 Å². The van der Waals surface area contributed by atoms with Gasteiger partial charge in [-0.3, -0.25) is 9.69 Å². The maximum absolute atomic E-state index is 12.5. The van der Waals surface area contributed by atoms with Crippen molar-refractivity contribution in [2.24, 2.45) is 0 Å². The Balaban J connectivity index is 1.52. The summed E-state index contributed by atoms with van der Waals surface area (Å²) in [7, 11) is 1.71. The molecule has 0 spiro atoms. The van der Waals surface area contributed by atoms with Gasteiger partial charge in [-0.05, 0) is 48.7 Å². The maximum Gasteiger partial charge on any atom is 0.326 e. The van der Waals surface area contributed by atoms with Crippen LogP contribution in [0.15, 0.2) is 30.7 Å². The van der Waals surface area contributed by atoms with E-state index in [1.165, 1.54) is 11.2 Å². The third-order valence-electron chi connectivity index (χ3n) is 6.68. The van der Waals surface area contributed by atoms with Gasteiger partial charge in [-0.25, -0.2) is 14.3 Å². The zero-order valence-corrected chi connectivity index (χ0v) is 20.9. The molecule has 2 aromatic heterocycles. The van der Waals surface area contributed by atoms with Crippen LogP contribution in [0.25, 0.3) is 16.8 Å². The minimum Gasteiger partial charge on any atom is -0.372 e. The number of aromatic nitrogens is 3. The number of morpholine rings is 1. The molecule has 184 valence electrons. The van der Waals surface area contributed by atoms with E-state index in [1.807, 2.05) is 24.4 Å². The number of rotatable bonds is 5. The van der Waals surface area contributed by atoms with Gasteiger partial charge >= 0.3 is 6.03 Å². The molecule has 4 heterocycles. The van der Waals surface area contributed by atoms with Gasteiger partial charge in [0.15, 0.2) is 0 Å². The molecule has 0 bridgehead atoms. The maximum atomic E-state index is 12.5. The van der Waals surface area contributed by atoms with E-state index in [2.05, 4.69) is 29.2 Å². The molecule has 0 aliphatic carbocycles. The van der Waals surface area contributed by atoms with Crippen LogP contribution >= 0.6 is 11.6 Å². The van der Waals surface area contributed by atoms with E-state index in [-0.39, 0.29) is 30.7 Å². The van der Waals surface area contributed by atoms with Gasteiger partial charge in [-0.1, -0.05) is 11.6 Å². The Labute approximate surface area is 209 Å². The molecule has 2 fully saturated rings. The lowest BCUT2D eigenvalue weighted by molar-refractivity contribution is -0.131. The number of imide groups is 1.